The lowest BCUT2D eigenvalue weighted by molar-refractivity contribution is 0.100. The number of piperazine rings is 1. The average molecular weight is 412 g/mol. The molecule has 0 atom stereocenters. The lowest BCUT2D eigenvalue weighted by Crippen LogP contribution is -2.53. The van der Waals surface area contributed by atoms with E-state index in [1.807, 2.05) is 34.1 Å². The minimum atomic E-state index is -0.641. The van der Waals surface area contributed by atoms with E-state index in [0.29, 0.717) is 5.82 Å². The lowest BCUT2D eigenvalue weighted by atomic mass is 10.1. The van der Waals surface area contributed by atoms with Crippen LogP contribution in [-0.2, 0) is 0 Å². The number of urea groups is 1. The van der Waals surface area contributed by atoms with E-state index < -0.39 is 5.91 Å². The molecular formula is C20H28N8O2. The van der Waals surface area contributed by atoms with Gasteiger partial charge >= 0.3 is 6.03 Å². The van der Waals surface area contributed by atoms with E-state index in [1.54, 1.807) is 0 Å². The molecule has 3 heterocycles. The topological polar surface area (TPSA) is 137 Å². The molecule has 0 radical (unpaired) electrons. The molecule has 6 N–H and O–H groups in total. The van der Waals surface area contributed by atoms with Crippen LogP contribution in [0.1, 0.15) is 29.6 Å². The highest BCUT2D eigenvalue weighted by molar-refractivity contribution is 6.02. The summed E-state index contributed by atoms with van der Waals surface area (Å²) in [5, 5.41) is 9.62. The second-order valence-corrected chi connectivity index (χ2v) is 7.70. The van der Waals surface area contributed by atoms with Gasteiger partial charge in [0.15, 0.2) is 5.82 Å². The minimum Gasteiger partial charge on any atom is -0.383 e. The molecule has 0 bridgehead atoms. The van der Waals surface area contributed by atoms with Crippen LogP contribution < -0.4 is 21.7 Å². The van der Waals surface area contributed by atoms with Crippen molar-refractivity contribution in [2.45, 2.75) is 19.3 Å². The average Bonchev–Trinajstić information content (AvgIpc) is 3.14. The van der Waals surface area contributed by atoms with E-state index in [4.69, 9.17) is 11.5 Å². The number of carbonyl (C=O) groups excluding carboxylic acids is 2. The zero-order valence-electron chi connectivity index (χ0n) is 16.9. The van der Waals surface area contributed by atoms with Gasteiger partial charge in [-0.1, -0.05) is 0 Å². The number of nitrogens with two attached hydrogens (primary N) is 2. The van der Waals surface area contributed by atoms with Crippen molar-refractivity contribution < 1.29 is 9.59 Å². The molecule has 1 aromatic carbocycles. The van der Waals surface area contributed by atoms with E-state index in [2.05, 4.69) is 20.4 Å². The number of nitrogens with zero attached hydrogens (tertiary/aromatic N) is 4. The molecule has 2 aromatic rings. The van der Waals surface area contributed by atoms with Crippen molar-refractivity contribution in [1.29, 1.82) is 0 Å². The second kappa shape index (κ2) is 8.52. The Labute approximate surface area is 175 Å². The standard InChI is InChI=1S/C20H28N8O2/c21-17-16(18(22)29)19(25-24-17)23-14-4-6-15(7-5-14)26-10-12-28(13-11-26)20(30)27-8-2-1-3-9-27/h4-7H,1-3,8-13H2,(H2,22,29)(H4,21,23,24,25). The molecule has 4 rings (SSSR count). The van der Waals surface area contributed by atoms with Crippen LogP contribution in [0.25, 0.3) is 0 Å². The van der Waals surface area contributed by atoms with Crippen molar-refractivity contribution in [2.24, 2.45) is 5.73 Å². The van der Waals surface area contributed by atoms with Crippen LogP contribution in [0.2, 0.25) is 0 Å². The summed E-state index contributed by atoms with van der Waals surface area (Å²) >= 11 is 0. The lowest BCUT2D eigenvalue weighted by Gasteiger charge is -2.39. The number of H-pyrrole nitrogens is 1. The van der Waals surface area contributed by atoms with E-state index in [1.165, 1.54) is 6.42 Å². The summed E-state index contributed by atoms with van der Waals surface area (Å²) in [5.41, 5.74) is 13.1. The molecule has 10 nitrogen and oxygen atoms in total. The Kier molecular flexibility index (Phi) is 5.64. The predicted octanol–water partition coefficient (Wildman–Crippen LogP) is 1.56. The Bertz CT molecular complexity index is 896. The van der Waals surface area contributed by atoms with Crippen molar-refractivity contribution >= 4 is 34.9 Å². The number of aromatic nitrogens is 2. The van der Waals surface area contributed by atoms with Crippen molar-refractivity contribution in [2.75, 3.05) is 55.2 Å². The normalized spacial score (nSPS) is 17.1. The van der Waals surface area contributed by atoms with Gasteiger partial charge in [0.2, 0.25) is 0 Å². The van der Waals surface area contributed by atoms with Gasteiger partial charge in [-0.15, -0.1) is 0 Å². The van der Waals surface area contributed by atoms with Gasteiger partial charge in [-0.25, -0.2) is 4.79 Å². The van der Waals surface area contributed by atoms with Crippen molar-refractivity contribution in [3.8, 4) is 0 Å². The van der Waals surface area contributed by atoms with Gasteiger partial charge in [-0.3, -0.25) is 9.89 Å². The van der Waals surface area contributed by atoms with Gasteiger partial charge in [-0.2, -0.15) is 5.10 Å². The van der Waals surface area contributed by atoms with Crippen LogP contribution in [0, 0.1) is 0 Å². The number of nitrogens with one attached hydrogen (secondary N) is 2. The van der Waals surface area contributed by atoms with Crippen LogP contribution >= 0.6 is 0 Å². The van der Waals surface area contributed by atoms with Crippen LogP contribution in [0.4, 0.5) is 27.8 Å². The maximum Gasteiger partial charge on any atom is 0.320 e. The third kappa shape index (κ3) is 4.12. The smallest absolute Gasteiger partial charge is 0.320 e. The summed E-state index contributed by atoms with van der Waals surface area (Å²) in [7, 11) is 0. The predicted molar refractivity (Wildman–Crippen MR) is 116 cm³/mol. The number of benzene rings is 1. The highest BCUT2D eigenvalue weighted by Crippen LogP contribution is 2.25. The third-order valence-electron chi connectivity index (χ3n) is 5.71. The number of hydrogen-bond acceptors (Lipinski definition) is 6. The number of carbonyl (C=O) groups is 2. The maximum atomic E-state index is 12.7. The maximum absolute atomic E-state index is 12.7. The Morgan fingerprint density at radius 3 is 2.20 bits per heavy atom. The Hall–Kier alpha value is -3.43. The Morgan fingerprint density at radius 2 is 1.57 bits per heavy atom. The second-order valence-electron chi connectivity index (χ2n) is 7.70. The number of hydrogen-bond donors (Lipinski definition) is 4. The van der Waals surface area contributed by atoms with E-state index in [-0.39, 0.29) is 17.4 Å². The zero-order valence-corrected chi connectivity index (χ0v) is 16.9. The quantitative estimate of drug-likeness (QED) is 0.602. The monoisotopic (exact) mass is 412 g/mol. The van der Waals surface area contributed by atoms with Crippen LogP contribution in [0.5, 0.6) is 0 Å². The molecule has 0 aliphatic carbocycles. The van der Waals surface area contributed by atoms with Gasteiger partial charge in [0, 0.05) is 50.6 Å². The van der Waals surface area contributed by atoms with Crippen molar-refractivity contribution in [1.82, 2.24) is 20.0 Å². The number of likely N-dealkylation sites (tertiary alicyclic amines) is 1. The van der Waals surface area contributed by atoms with Crippen LogP contribution in [0.15, 0.2) is 24.3 Å². The number of piperidine rings is 1. The molecule has 2 aliphatic heterocycles. The summed E-state index contributed by atoms with van der Waals surface area (Å²) in [4.78, 5) is 30.4. The largest absolute Gasteiger partial charge is 0.383 e. The molecule has 2 fully saturated rings. The fourth-order valence-corrected chi connectivity index (χ4v) is 4.03. The van der Waals surface area contributed by atoms with Crippen LogP contribution in [-0.4, -0.2) is 71.2 Å². The number of nitrogen functional groups attached to an aromatic ring is 1. The molecule has 10 heteroatoms. The molecule has 2 saturated heterocycles. The van der Waals surface area contributed by atoms with Crippen LogP contribution in [0.3, 0.4) is 0 Å². The fraction of sp³-hybridized carbons (Fsp3) is 0.450. The number of aromatic amines is 1. The first-order chi connectivity index (χ1) is 14.5. The summed E-state index contributed by atoms with van der Waals surface area (Å²) < 4.78 is 0. The van der Waals surface area contributed by atoms with Crippen molar-refractivity contribution in [3.05, 3.63) is 29.8 Å². The van der Waals surface area contributed by atoms with E-state index >= 15 is 0 Å². The Balaban J connectivity index is 1.34. The van der Waals surface area contributed by atoms with Gasteiger partial charge < -0.3 is 31.5 Å². The number of rotatable bonds is 4. The third-order valence-corrected chi connectivity index (χ3v) is 5.71. The first kappa shape index (κ1) is 19.9. The van der Waals surface area contributed by atoms with Gasteiger partial charge in [0.05, 0.1) is 0 Å². The molecule has 30 heavy (non-hydrogen) atoms. The summed E-state index contributed by atoms with van der Waals surface area (Å²) in [5.74, 6) is -0.200. The molecular weight excluding hydrogens is 384 g/mol. The van der Waals surface area contributed by atoms with E-state index in [0.717, 1.165) is 63.5 Å². The Morgan fingerprint density at radius 1 is 0.933 bits per heavy atom. The summed E-state index contributed by atoms with van der Waals surface area (Å²) in [6.07, 6.45) is 3.44. The minimum absolute atomic E-state index is 0.138. The molecule has 1 aromatic heterocycles. The first-order valence-corrected chi connectivity index (χ1v) is 10.3. The summed E-state index contributed by atoms with van der Waals surface area (Å²) in [6, 6.07) is 8.01. The molecule has 160 valence electrons. The zero-order chi connectivity index (χ0) is 21.1. The highest BCUT2D eigenvalue weighted by Gasteiger charge is 2.26. The van der Waals surface area contributed by atoms with Crippen molar-refractivity contribution in [3.63, 3.8) is 0 Å². The SMILES string of the molecule is NC(=O)c1c(Nc2ccc(N3CCN(C(=O)N4CCCCC4)CC3)cc2)n[nH]c1N. The fourth-order valence-electron chi connectivity index (χ4n) is 4.03. The number of anilines is 4. The number of primary amides is 1. The van der Waals surface area contributed by atoms with Gasteiger partial charge in [-0.05, 0) is 43.5 Å². The van der Waals surface area contributed by atoms with Gasteiger partial charge in [0.25, 0.3) is 5.91 Å². The van der Waals surface area contributed by atoms with Gasteiger partial charge in [0.1, 0.15) is 11.4 Å². The summed E-state index contributed by atoms with van der Waals surface area (Å²) in [6.45, 7) is 4.81. The number of amides is 3. The first-order valence-electron chi connectivity index (χ1n) is 10.3. The molecule has 3 amide bonds. The highest BCUT2D eigenvalue weighted by atomic mass is 16.2. The molecule has 0 spiro atoms. The molecule has 0 unspecified atom stereocenters. The van der Waals surface area contributed by atoms with E-state index in [9.17, 15) is 9.59 Å². The molecule has 0 saturated carbocycles. The molecule has 2 aliphatic rings.